The van der Waals surface area contributed by atoms with E-state index in [0.717, 1.165) is 51.4 Å². The van der Waals surface area contributed by atoms with Crippen LogP contribution < -0.4 is 0 Å². The Bertz CT molecular complexity index is 772. The second kappa shape index (κ2) is 72.9. The SMILES string of the molecule is CCCCCCCCC(=O)OCCS.CCCCCCCCC(=O)OCCS.CCCCCCCCC(=O)OCCS.CCCCCCCCC(=O)OCCS.[CH3][Sn][S]S[S][Sn][CH3]. The molecule has 0 fully saturated rings. The summed E-state index contributed by atoms with van der Waals surface area (Å²) in [5.74, 6) is 2.16. The fourth-order valence-electron chi connectivity index (χ4n) is 5.21. The fourth-order valence-corrected chi connectivity index (χ4v) is 38.5. The number of hydrogen-bond acceptors (Lipinski definition) is 15. The summed E-state index contributed by atoms with van der Waals surface area (Å²) in [6, 6.07) is 0. The minimum atomic E-state index is -0.0745. The molecule has 0 amide bonds. The molecule has 0 aliphatic rings. The van der Waals surface area contributed by atoms with Crippen LogP contribution in [0.4, 0.5) is 0 Å². The second-order valence-corrected chi connectivity index (χ2v) is 35.8. The van der Waals surface area contributed by atoms with Crippen molar-refractivity contribution in [2.75, 3.05) is 49.4 Å². The van der Waals surface area contributed by atoms with E-state index >= 15 is 0 Å². The molecule has 0 N–H and O–H groups in total. The van der Waals surface area contributed by atoms with E-state index in [1.807, 2.05) is 9.83 Å². The Kier molecular flexibility index (Phi) is 85.5. The van der Waals surface area contributed by atoms with Gasteiger partial charge in [0.1, 0.15) is 26.4 Å². The fraction of sp³-hybridized carbons (Fsp3) is 0.913. The third kappa shape index (κ3) is 84.3. The molecule has 0 saturated carbocycles. The van der Waals surface area contributed by atoms with Gasteiger partial charge in [-0.3, -0.25) is 19.2 Å². The summed E-state index contributed by atoms with van der Waals surface area (Å²) < 4.78 is 19.6. The quantitative estimate of drug-likeness (QED) is 0.0118. The number of thiol groups is 4. The molecule has 17 heteroatoms. The zero-order valence-electron chi connectivity index (χ0n) is 40.7. The number of unbranched alkanes of at least 4 members (excludes halogenated alkanes) is 20. The summed E-state index contributed by atoms with van der Waals surface area (Å²) in [6.45, 7) is 10.6. The Morgan fingerprint density at radius 2 is 0.540 bits per heavy atom. The maximum absolute atomic E-state index is 11.0. The van der Waals surface area contributed by atoms with E-state index in [1.54, 1.807) is 0 Å². The third-order valence-electron chi connectivity index (χ3n) is 8.59. The molecule has 63 heavy (non-hydrogen) atoms. The van der Waals surface area contributed by atoms with E-state index in [4.69, 9.17) is 18.9 Å². The van der Waals surface area contributed by atoms with Gasteiger partial charge in [-0.05, 0) is 25.7 Å². The van der Waals surface area contributed by atoms with Gasteiger partial charge in [0, 0.05) is 48.7 Å². The van der Waals surface area contributed by atoms with Crippen LogP contribution in [-0.2, 0) is 38.1 Å². The van der Waals surface area contributed by atoms with Crippen molar-refractivity contribution in [2.45, 2.75) is 217 Å². The first-order chi connectivity index (χ1) is 30.6. The van der Waals surface area contributed by atoms with E-state index in [2.05, 4.69) is 104 Å². The topological polar surface area (TPSA) is 105 Å². The Balaban J connectivity index is -0.000000226. The molecule has 0 spiro atoms. The van der Waals surface area contributed by atoms with Crippen molar-refractivity contribution in [1.82, 2.24) is 0 Å². The number of hydrogen-bond donors (Lipinski definition) is 4. The molecular formula is C46H94O8S7Sn2. The molecule has 0 saturated heterocycles. The summed E-state index contributed by atoms with van der Waals surface area (Å²) in [5, 5.41) is 0. The number of esters is 4. The Hall–Kier alpha value is 1.93. The van der Waals surface area contributed by atoms with Crippen molar-refractivity contribution in [1.29, 1.82) is 0 Å². The van der Waals surface area contributed by atoms with Gasteiger partial charge in [-0.25, -0.2) is 0 Å². The van der Waals surface area contributed by atoms with Gasteiger partial charge in [0.25, 0.3) is 0 Å². The summed E-state index contributed by atoms with van der Waals surface area (Å²) in [5.41, 5.74) is 0. The van der Waals surface area contributed by atoms with E-state index in [9.17, 15) is 19.2 Å². The Labute approximate surface area is 440 Å². The molecule has 0 aromatic rings. The molecule has 8 nitrogen and oxygen atoms in total. The van der Waals surface area contributed by atoms with Crippen LogP contribution in [-0.4, -0.2) is 113 Å². The van der Waals surface area contributed by atoms with Crippen LogP contribution in [0.25, 0.3) is 0 Å². The van der Waals surface area contributed by atoms with Crippen LogP contribution in [0.1, 0.15) is 207 Å². The predicted octanol–water partition coefficient (Wildman–Crippen LogP) is 15.2. The molecule has 0 aliphatic heterocycles. The molecule has 0 aromatic carbocycles. The summed E-state index contributed by atoms with van der Waals surface area (Å²) >= 11 is 16.0. The van der Waals surface area contributed by atoms with E-state index in [0.29, 0.717) is 75.1 Å². The van der Waals surface area contributed by atoms with Gasteiger partial charge in [-0.2, -0.15) is 50.5 Å². The van der Waals surface area contributed by atoms with Crippen molar-refractivity contribution >= 4 is 140 Å². The number of ether oxygens (including phenoxy) is 4. The van der Waals surface area contributed by atoms with E-state index in [-0.39, 0.29) is 63.4 Å². The predicted molar refractivity (Wildman–Crippen MR) is 297 cm³/mol. The van der Waals surface area contributed by atoms with Crippen LogP contribution in [0.15, 0.2) is 0 Å². The van der Waals surface area contributed by atoms with Crippen LogP contribution in [0.2, 0.25) is 9.88 Å². The molecule has 376 valence electrons. The first-order valence-electron chi connectivity index (χ1n) is 24.0. The van der Waals surface area contributed by atoms with Crippen LogP contribution in [0.5, 0.6) is 0 Å². The van der Waals surface area contributed by atoms with Gasteiger partial charge in [0.2, 0.25) is 0 Å². The van der Waals surface area contributed by atoms with Crippen LogP contribution in [0.3, 0.4) is 0 Å². The molecule has 0 aliphatic carbocycles. The zero-order chi connectivity index (χ0) is 48.1. The van der Waals surface area contributed by atoms with Crippen LogP contribution >= 0.6 is 76.3 Å². The summed E-state index contributed by atoms with van der Waals surface area (Å²) in [4.78, 5) is 48.9. The third-order valence-corrected chi connectivity index (χ3v) is 31.5. The number of carbonyl (C=O) groups excluding carboxylic acids is 4. The van der Waals surface area contributed by atoms with E-state index in [1.165, 1.54) is 103 Å². The normalized spacial score (nSPS) is 10.1. The standard InChI is InChI=1S/4C11H22O2S.2CH3.H2S3.2Sn/c4*1-2-3-4-5-6-7-8-11(12)13-9-10-14;;;1-3-2;;/h4*14H,2-10H2,1H3;2*1H3;1-2H;;/q;;;;;;;2*+1/p-2. The van der Waals surface area contributed by atoms with Gasteiger partial charge >= 0.3 is 99.1 Å². The van der Waals surface area contributed by atoms with E-state index < -0.39 is 0 Å². The number of rotatable bonds is 40. The van der Waals surface area contributed by atoms with Gasteiger partial charge in [-0.1, -0.05) is 156 Å². The first kappa shape index (κ1) is 73.9. The van der Waals surface area contributed by atoms with Crippen molar-refractivity contribution in [3.05, 3.63) is 0 Å². The Morgan fingerprint density at radius 1 is 0.349 bits per heavy atom. The summed E-state index contributed by atoms with van der Waals surface area (Å²) in [6.07, 6.45) is 31.2. The second-order valence-electron chi connectivity index (χ2n) is 14.5. The van der Waals surface area contributed by atoms with Crippen molar-refractivity contribution in [3.63, 3.8) is 0 Å². The van der Waals surface area contributed by atoms with Crippen molar-refractivity contribution in [3.8, 4) is 0 Å². The molecular weight excluding hydrogens is 1140 g/mol. The molecule has 0 heterocycles. The monoisotopic (exact) mass is 1240 g/mol. The van der Waals surface area contributed by atoms with Crippen molar-refractivity contribution in [2.24, 2.45) is 0 Å². The molecule has 0 bridgehead atoms. The van der Waals surface area contributed by atoms with Gasteiger partial charge in [-0.15, -0.1) is 0 Å². The van der Waals surface area contributed by atoms with Crippen molar-refractivity contribution < 1.29 is 38.1 Å². The molecule has 0 atom stereocenters. The maximum atomic E-state index is 11.0. The minimum absolute atomic E-state index is 0.0630. The average molecular weight is 1240 g/mol. The molecule has 0 aromatic heterocycles. The Morgan fingerprint density at radius 3 is 0.714 bits per heavy atom. The molecule has 0 unspecified atom stereocenters. The first-order valence-corrected chi connectivity index (χ1v) is 42.7. The number of carbonyl (C=O) groups is 4. The van der Waals surface area contributed by atoms with Gasteiger partial charge < -0.3 is 18.9 Å². The van der Waals surface area contributed by atoms with Gasteiger partial charge in [0.05, 0.1) is 0 Å². The van der Waals surface area contributed by atoms with Crippen LogP contribution in [0, 0.1) is 0 Å². The zero-order valence-corrected chi connectivity index (χ0v) is 52.5. The van der Waals surface area contributed by atoms with Gasteiger partial charge in [0.15, 0.2) is 0 Å². The molecule has 0 rings (SSSR count). The average Bonchev–Trinajstić information content (AvgIpc) is 3.29. The molecule has 4 radical (unpaired) electrons. The summed E-state index contributed by atoms with van der Waals surface area (Å²) in [7, 11) is 6.29.